The van der Waals surface area contributed by atoms with Crippen molar-refractivity contribution in [3.05, 3.63) is 151 Å². The zero-order valence-electron chi connectivity index (χ0n) is 26.3. The molecule has 0 fully saturated rings. The molecule has 0 radical (unpaired) electrons. The van der Waals surface area contributed by atoms with Gasteiger partial charge in [0, 0.05) is 48.7 Å². The first-order valence-corrected chi connectivity index (χ1v) is 17.0. The van der Waals surface area contributed by atoms with Gasteiger partial charge in [0.25, 0.3) is 0 Å². The Morgan fingerprint density at radius 1 is 0.723 bits per heavy atom. The molecule has 6 aromatic carbocycles. The molecular weight excluding hydrogens is 593 g/mol. The second-order valence-electron chi connectivity index (χ2n) is 11.9. The second kappa shape index (κ2) is 11.0. The van der Waals surface area contributed by atoms with E-state index in [-0.39, 0.29) is 0 Å². The Morgan fingerprint density at radius 3 is 2.36 bits per heavy atom. The maximum absolute atomic E-state index is 6.56. The highest BCUT2D eigenvalue weighted by Gasteiger charge is 2.22. The largest absolute Gasteiger partial charge is 0.456 e. The lowest BCUT2D eigenvalue weighted by Crippen LogP contribution is -2.15. The molecular formula is C43H32N2OS. The molecule has 9 aromatic rings. The average Bonchev–Trinajstić information content (AvgIpc) is 3.80. The fourth-order valence-electron chi connectivity index (χ4n) is 7.16. The number of benzene rings is 6. The van der Waals surface area contributed by atoms with E-state index in [1.54, 1.807) is 0 Å². The summed E-state index contributed by atoms with van der Waals surface area (Å²) < 4.78 is 11.6. The van der Waals surface area contributed by atoms with E-state index in [4.69, 9.17) is 4.42 Å². The lowest BCUT2D eigenvalue weighted by Gasteiger charge is -2.27. The van der Waals surface area contributed by atoms with Crippen LogP contribution < -0.4 is 4.90 Å². The number of fused-ring (bicyclic) bond motifs is 10. The Bertz CT molecular complexity index is 2690. The highest BCUT2D eigenvalue weighted by molar-refractivity contribution is 7.26. The quantitative estimate of drug-likeness (QED) is 0.172. The van der Waals surface area contributed by atoms with Crippen molar-refractivity contribution in [3.8, 4) is 5.69 Å². The molecule has 0 N–H and O–H groups in total. The minimum absolute atomic E-state index is 0.875. The van der Waals surface area contributed by atoms with Crippen LogP contribution >= 0.6 is 11.3 Å². The highest BCUT2D eigenvalue weighted by Crippen LogP contribution is 2.45. The molecule has 9 rings (SSSR count). The van der Waals surface area contributed by atoms with Crippen molar-refractivity contribution in [2.24, 2.45) is 0 Å². The van der Waals surface area contributed by atoms with E-state index in [1.807, 2.05) is 11.3 Å². The summed E-state index contributed by atoms with van der Waals surface area (Å²) in [5.74, 6) is 0. The van der Waals surface area contributed by atoms with E-state index < -0.39 is 0 Å². The van der Waals surface area contributed by atoms with Gasteiger partial charge in [-0.15, -0.1) is 11.3 Å². The van der Waals surface area contributed by atoms with E-state index >= 15 is 0 Å². The summed E-state index contributed by atoms with van der Waals surface area (Å²) >= 11 is 1.88. The monoisotopic (exact) mass is 624 g/mol. The van der Waals surface area contributed by atoms with Crippen molar-refractivity contribution >= 4 is 86.6 Å². The SMILES string of the molecule is C/C=C(\C=C/CC)N(c1ccccc1)c1cccc2oc3ccc(-n4c5ccccc5c5ccc6c7ccccc7sc6c54)cc3c12. The first-order chi connectivity index (χ1) is 23.2. The van der Waals surface area contributed by atoms with E-state index in [0.717, 1.165) is 51.1 Å². The number of furan rings is 1. The Labute approximate surface area is 276 Å². The molecule has 0 saturated carbocycles. The van der Waals surface area contributed by atoms with Crippen LogP contribution in [0, 0.1) is 0 Å². The number of hydrogen-bond donors (Lipinski definition) is 0. The van der Waals surface area contributed by atoms with Crippen molar-refractivity contribution in [1.29, 1.82) is 0 Å². The molecule has 3 heterocycles. The number of anilines is 2. The third-order valence-corrected chi connectivity index (χ3v) is 10.4. The van der Waals surface area contributed by atoms with Gasteiger partial charge in [-0.2, -0.15) is 0 Å². The minimum Gasteiger partial charge on any atom is -0.456 e. The first kappa shape index (κ1) is 27.7. The van der Waals surface area contributed by atoms with Gasteiger partial charge in [-0.1, -0.05) is 91.9 Å². The van der Waals surface area contributed by atoms with Gasteiger partial charge < -0.3 is 13.9 Å². The van der Waals surface area contributed by atoms with Crippen molar-refractivity contribution in [2.75, 3.05) is 4.90 Å². The van der Waals surface area contributed by atoms with Gasteiger partial charge in [0.1, 0.15) is 11.2 Å². The number of aromatic nitrogens is 1. The zero-order valence-corrected chi connectivity index (χ0v) is 27.1. The number of nitrogens with zero attached hydrogens (tertiary/aromatic N) is 2. The Morgan fingerprint density at radius 2 is 1.51 bits per heavy atom. The molecule has 0 aliphatic heterocycles. The van der Waals surface area contributed by atoms with Gasteiger partial charge in [0.15, 0.2) is 0 Å². The summed E-state index contributed by atoms with van der Waals surface area (Å²) in [5, 5.41) is 7.34. The topological polar surface area (TPSA) is 21.3 Å². The fourth-order valence-corrected chi connectivity index (χ4v) is 8.40. The Kier molecular flexibility index (Phi) is 6.51. The van der Waals surface area contributed by atoms with Crippen molar-refractivity contribution < 1.29 is 4.42 Å². The maximum Gasteiger partial charge on any atom is 0.137 e. The molecule has 47 heavy (non-hydrogen) atoms. The average molecular weight is 625 g/mol. The summed E-state index contributed by atoms with van der Waals surface area (Å²) in [5.41, 5.74) is 8.64. The molecule has 0 bridgehead atoms. The third kappa shape index (κ3) is 4.25. The van der Waals surface area contributed by atoms with Gasteiger partial charge in [0.05, 0.1) is 26.8 Å². The van der Waals surface area contributed by atoms with Crippen LogP contribution in [0.25, 0.3) is 69.6 Å². The summed E-state index contributed by atoms with van der Waals surface area (Å²) in [7, 11) is 0. The van der Waals surface area contributed by atoms with E-state index in [0.29, 0.717) is 0 Å². The second-order valence-corrected chi connectivity index (χ2v) is 13.0. The summed E-state index contributed by atoms with van der Waals surface area (Å²) in [4.78, 5) is 2.34. The van der Waals surface area contributed by atoms with Gasteiger partial charge >= 0.3 is 0 Å². The van der Waals surface area contributed by atoms with Gasteiger partial charge in [-0.05, 0) is 74.0 Å². The van der Waals surface area contributed by atoms with Crippen LogP contribution in [0.15, 0.2) is 156 Å². The predicted molar refractivity (Wildman–Crippen MR) is 203 cm³/mol. The van der Waals surface area contributed by atoms with Gasteiger partial charge in [-0.3, -0.25) is 0 Å². The molecule has 3 nitrogen and oxygen atoms in total. The minimum atomic E-state index is 0.875. The number of rotatable bonds is 6. The van der Waals surface area contributed by atoms with Crippen molar-refractivity contribution in [1.82, 2.24) is 4.57 Å². The molecule has 0 atom stereocenters. The van der Waals surface area contributed by atoms with E-state index in [2.05, 4.69) is 169 Å². The predicted octanol–water partition coefficient (Wildman–Crippen LogP) is 13.1. The Balaban J connectivity index is 1.35. The number of thiophene rings is 1. The molecule has 3 aromatic heterocycles. The molecule has 0 amide bonds. The smallest absolute Gasteiger partial charge is 0.137 e. The lowest BCUT2D eigenvalue weighted by molar-refractivity contribution is 0.669. The molecule has 0 aliphatic carbocycles. The van der Waals surface area contributed by atoms with Crippen LogP contribution in [0.2, 0.25) is 0 Å². The fraction of sp³-hybridized carbons (Fsp3) is 0.0698. The summed E-state index contributed by atoms with van der Waals surface area (Å²) in [6.07, 6.45) is 7.58. The number of allylic oxidation sites excluding steroid dienone is 3. The zero-order chi connectivity index (χ0) is 31.5. The summed E-state index contributed by atoms with van der Waals surface area (Å²) in [6.45, 7) is 4.28. The Hall–Kier alpha value is -5.58. The molecule has 0 aliphatic rings. The summed E-state index contributed by atoms with van der Waals surface area (Å²) in [6, 6.07) is 45.8. The highest BCUT2D eigenvalue weighted by atomic mass is 32.1. The van der Waals surface area contributed by atoms with Crippen molar-refractivity contribution in [2.45, 2.75) is 20.3 Å². The third-order valence-electron chi connectivity index (χ3n) is 9.23. The molecule has 0 saturated heterocycles. The molecule has 4 heteroatoms. The van der Waals surface area contributed by atoms with Crippen LogP contribution in [-0.2, 0) is 0 Å². The standard InChI is InChI=1S/C43H32N2OS/c1-3-5-14-28(4-2)44(29-15-7-6-8-16-29)37-20-13-21-39-41(37)35-27-30(23-26-38(35)46-39)45-36-19-11-9-17-31(36)33-24-25-34-32-18-10-12-22-40(32)47-43(34)42(33)45/h4-27H,3H2,1-2H3/b14-5-,28-4+. The first-order valence-electron chi connectivity index (χ1n) is 16.2. The normalized spacial score (nSPS) is 12.6. The van der Waals surface area contributed by atoms with Crippen molar-refractivity contribution in [3.63, 3.8) is 0 Å². The van der Waals surface area contributed by atoms with Crippen LogP contribution in [0.3, 0.4) is 0 Å². The van der Waals surface area contributed by atoms with Gasteiger partial charge in [-0.25, -0.2) is 0 Å². The maximum atomic E-state index is 6.56. The van der Waals surface area contributed by atoms with Crippen LogP contribution in [-0.4, -0.2) is 4.57 Å². The number of para-hydroxylation sites is 2. The molecule has 0 unspecified atom stereocenters. The van der Waals surface area contributed by atoms with Gasteiger partial charge in [0.2, 0.25) is 0 Å². The number of hydrogen-bond acceptors (Lipinski definition) is 3. The molecule has 226 valence electrons. The van der Waals surface area contributed by atoms with E-state index in [1.165, 1.54) is 42.0 Å². The van der Waals surface area contributed by atoms with Crippen LogP contribution in [0.4, 0.5) is 11.4 Å². The van der Waals surface area contributed by atoms with Crippen LogP contribution in [0.1, 0.15) is 20.3 Å². The van der Waals surface area contributed by atoms with Crippen LogP contribution in [0.5, 0.6) is 0 Å². The lowest BCUT2D eigenvalue weighted by atomic mass is 10.1. The molecule has 0 spiro atoms. The van der Waals surface area contributed by atoms with E-state index in [9.17, 15) is 0 Å².